The molecule has 1 amide bonds. The van der Waals surface area contributed by atoms with Gasteiger partial charge in [0.05, 0.1) is 17.5 Å². The number of ether oxygens (including phenoxy) is 1. The van der Waals surface area contributed by atoms with Crippen molar-refractivity contribution < 1.29 is 27.4 Å². The maximum absolute atomic E-state index is 13.4. The van der Waals surface area contributed by atoms with E-state index in [2.05, 4.69) is 4.72 Å². The van der Waals surface area contributed by atoms with E-state index in [0.717, 1.165) is 11.6 Å². The first-order valence-electron chi connectivity index (χ1n) is 10.3. The Kier molecular flexibility index (Phi) is 6.73. The third-order valence-electron chi connectivity index (χ3n) is 5.44. The summed E-state index contributed by atoms with van der Waals surface area (Å²) in [5.41, 5.74) is 1.91. The molecule has 1 heterocycles. The van der Waals surface area contributed by atoms with Crippen molar-refractivity contribution in [2.24, 2.45) is 0 Å². The molecule has 0 bridgehead atoms. The highest BCUT2D eigenvalue weighted by molar-refractivity contribution is 7.92. The molecule has 0 unspecified atom stereocenters. The van der Waals surface area contributed by atoms with E-state index >= 15 is 0 Å². The third kappa shape index (κ3) is 5.22. The van der Waals surface area contributed by atoms with Crippen LogP contribution in [0.1, 0.15) is 17.2 Å². The first-order valence-corrected chi connectivity index (χ1v) is 11.8. The number of rotatable bonds is 7. The Morgan fingerprint density at radius 1 is 1.03 bits per heavy atom. The molecule has 2 atom stereocenters. The smallest absolute Gasteiger partial charge is 0.261 e. The minimum atomic E-state index is -3.95. The standard InChI is InChI=1S/C24H23FN2O5S/c25-19-7-4-8-21(13-19)33(30,31)26-20-11-9-18(10-12-20)24-22(15-28)27(23(29)16-32-24)14-17-5-2-1-3-6-17/h1-13,22,24,26,28H,14-16H2/t22-,24-/m1/s1. The van der Waals surface area contributed by atoms with Gasteiger partial charge in [0.1, 0.15) is 18.5 Å². The number of aliphatic hydroxyl groups excluding tert-OH is 1. The van der Waals surface area contributed by atoms with Gasteiger partial charge in [-0.15, -0.1) is 0 Å². The first-order chi connectivity index (χ1) is 15.9. The fraction of sp³-hybridized carbons (Fsp3) is 0.208. The molecule has 1 aliphatic rings. The van der Waals surface area contributed by atoms with Crippen LogP contribution in [-0.4, -0.2) is 43.6 Å². The maximum atomic E-state index is 13.4. The molecule has 0 saturated carbocycles. The van der Waals surface area contributed by atoms with Gasteiger partial charge in [-0.25, -0.2) is 12.8 Å². The van der Waals surface area contributed by atoms with Crippen molar-refractivity contribution in [3.63, 3.8) is 0 Å². The van der Waals surface area contributed by atoms with E-state index in [1.54, 1.807) is 29.2 Å². The molecular weight excluding hydrogens is 447 g/mol. The van der Waals surface area contributed by atoms with Crippen LogP contribution in [0.3, 0.4) is 0 Å². The Hall–Kier alpha value is -3.27. The van der Waals surface area contributed by atoms with Crippen LogP contribution in [0.15, 0.2) is 83.8 Å². The summed E-state index contributed by atoms with van der Waals surface area (Å²) < 4.78 is 46.6. The number of carbonyl (C=O) groups is 1. The summed E-state index contributed by atoms with van der Waals surface area (Å²) >= 11 is 0. The number of aliphatic hydroxyl groups is 1. The Bertz CT molecular complexity index is 1220. The summed E-state index contributed by atoms with van der Waals surface area (Å²) in [6.07, 6.45) is -0.578. The van der Waals surface area contributed by atoms with Crippen molar-refractivity contribution in [1.82, 2.24) is 4.90 Å². The number of carbonyl (C=O) groups excluding carboxylic acids is 1. The van der Waals surface area contributed by atoms with Gasteiger partial charge in [-0.05, 0) is 41.5 Å². The zero-order valence-electron chi connectivity index (χ0n) is 17.6. The molecule has 4 rings (SSSR count). The Morgan fingerprint density at radius 3 is 2.42 bits per heavy atom. The predicted octanol–water partition coefficient (Wildman–Crippen LogP) is 3.09. The van der Waals surface area contributed by atoms with Crippen molar-refractivity contribution in [3.05, 3.63) is 95.8 Å². The van der Waals surface area contributed by atoms with E-state index in [1.807, 2.05) is 30.3 Å². The van der Waals surface area contributed by atoms with Gasteiger partial charge in [0.25, 0.3) is 10.0 Å². The summed E-state index contributed by atoms with van der Waals surface area (Å²) in [6.45, 7) is -0.0740. The van der Waals surface area contributed by atoms with Crippen LogP contribution in [0.4, 0.5) is 10.1 Å². The van der Waals surface area contributed by atoms with Crippen LogP contribution in [0, 0.1) is 5.82 Å². The number of amides is 1. The van der Waals surface area contributed by atoms with E-state index in [0.29, 0.717) is 12.1 Å². The zero-order chi connectivity index (χ0) is 23.4. The van der Waals surface area contributed by atoms with Crippen LogP contribution >= 0.6 is 0 Å². The second-order valence-corrected chi connectivity index (χ2v) is 9.36. The minimum Gasteiger partial charge on any atom is -0.394 e. The molecular formula is C24H23FN2O5S. The number of anilines is 1. The van der Waals surface area contributed by atoms with Crippen LogP contribution in [0.25, 0.3) is 0 Å². The number of benzene rings is 3. The monoisotopic (exact) mass is 470 g/mol. The number of hydrogen-bond acceptors (Lipinski definition) is 5. The van der Waals surface area contributed by atoms with Gasteiger partial charge in [-0.3, -0.25) is 9.52 Å². The van der Waals surface area contributed by atoms with Gasteiger partial charge in [-0.2, -0.15) is 0 Å². The van der Waals surface area contributed by atoms with Crippen molar-refractivity contribution in [1.29, 1.82) is 0 Å². The maximum Gasteiger partial charge on any atom is 0.261 e. The lowest BCUT2D eigenvalue weighted by Gasteiger charge is -2.40. The second-order valence-electron chi connectivity index (χ2n) is 7.67. The first kappa shape index (κ1) is 22.9. The molecule has 0 aromatic heterocycles. The fourth-order valence-corrected chi connectivity index (χ4v) is 4.88. The van der Waals surface area contributed by atoms with Gasteiger partial charge in [-0.1, -0.05) is 48.5 Å². The molecule has 1 aliphatic heterocycles. The van der Waals surface area contributed by atoms with Gasteiger partial charge >= 0.3 is 0 Å². The summed E-state index contributed by atoms with van der Waals surface area (Å²) in [6, 6.07) is 20.1. The lowest BCUT2D eigenvalue weighted by molar-refractivity contribution is -0.162. The van der Waals surface area contributed by atoms with Crippen molar-refractivity contribution in [2.75, 3.05) is 17.9 Å². The van der Waals surface area contributed by atoms with Crippen LogP contribution in [-0.2, 0) is 26.1 Å². The zero-order valence-corrected chi connectivity index (χ0v) is 18.4. The topological polar surface area (TPSA) is 95.9 Å². The van der Waals surface area contributed by atoms with E-state index < -0.39 is 28.0 Å². The normalized spacial score (nSPS) is 18.8. The Labute approximate surface area is 191 Å². The molecule has 7 nitrogen and oxygen atoms in total. The number of nitrogens with one attached hydrogen (secondary N) is 1. The van der Waals surface area contributed by atoms with Crippen LogP contribution in [0.2, 0.25) is 0 Å². The van der Waals surface area contributed by atoms with Gasteiger partial charge in [0, 0.05) is 12.2 Å². The Balaban J connectivity index is 1.52. The highest BCUT2D eigenvalue weighted by Crippen LogP contribution is 2.31. The molecule has 33 heavy (non-hydrogen) atoms. The number of sulfonamides is 1. The quantitative estimate of drug-likeness (QED) is 0.553. The number of morpholine rings is 1. The molecule has 1 fully saturated rings. The van der Waals surface area contributed by atoms with Crippen LogP contribution in [0.5, 0.6) is 0 Å². The summed E-state index contributed by atoms with van der Waals surface area (Å²) in [5, 5.41) is 10.0. The summed E-state index contributed by atoms with van der Waals surface area (Å²) in [4.78, 5) is 13.9. The molecule has 0 radical (unpaired) electrons. The highest BCUT2D eigenvalue weighted by Gasteiger charge is 2.37. The number of halogens is 1. The second kappa shape index (κ2) is 9.70. The molecule has 2 N–H and O–H groups in total. The summed E-state index contributed by atoms with van der Waals surface area (Å²) in [7, 11) is -3.95. The Morgan fingerprint density at radius 2 is 1.76 bits per heavy atom. The van der Waals surface area contributed by atoms with Crippen LogP contribution < -0.4 is 4.72 Å². The molecule has 0 spiro atoms. The molecule has 172 valence electrons. The highest BCUT2D eigenvalue weighted by atomic mass is 32.2. The van der Waals surface area contributed by atoms with E-state index in [-0.39, 0.29) is 29.7 Å². The summed E-state index contributed by atoms with van der Waals surface area (Å²) in [5.74, 6) is -0.860. The SMILES string of the molecule is O=C1CO[C@H](c2ccc(NS(=O)(=O)c3cccc(F)c3)cc2)[C@@H](CO)N1Cc1ccccc1. The van der Waals surface area contributed by atoms with Gasteiger partial charge in [0.15, 0.2) is 0 Å². The van der Waals surface area contributed by atoms with Gasteiger partial charge < -0.3 is 14.7 Å². The lowest BCUT2D eigenvalue weighted by atomic mass is 9.98. The number of hydrogen-bond donors (Lipinski definition) is 2. The van der Waals surface area contributed by atoms with E-state index in [1.165, 1.54) is 18.2 Å². The minimum absolute atomic E-state index is 0.123. The van der Waals surface area contributed by atoms with Crippen molar-refractivity contribution >= 4 is 21.6 Å². The largest absolute Gasteiger partial charge is 0.394 e. The molecule has 9 heteroatoms. The van der Waals surface area contributed by atoms with Crippen molar-refractivity contribution in [3.8, 4) is 0 Å². The van der Waals surface area contributed by atoms with Gasteiger partial charge in [0.2, 0.25) is 5.91 Å². The molecule has 0 aliphatic carbocycles. The van der Waals surface area contributed by atoms with E-state index in [9.17, 15) is 22.7 Å². The third-order valence-corrected chi connectivity index (χ3v) is 6.82. The predicted molar refractivity (Wildman–Crippen MR) is 120 cm³/mol. The molecule has 3 aromatic rings. The number of nitrogens with zero attached hydrogens (tertiary/aromatic N) is 1. The molecule has 1 saturated heterocycles. The van der Waals surface area contributed by atoms with Crippen molar-refractivity contribution in [2.45, 2.75) is 23.6 Å². The molecule has 3 aromatic carbocycles. The average molecular weight is 471 g/mol. The lowest BCUT2D eigenvalue weighted by Crippen LogP contribution is -2.52. The van der Waals surface area contributed by atoms with E-state index in [4.69, 9.17) is 4.74 Å². The average Bonchev–Trinajstić information content (AvgIpc) is 2.81. The fourth-order valence-electron chi connectivity index (χ4n) is 3.79.